The fourth-order valence-electron chi connectivity index (χ4n) is 3.12. The van der Waals surface area contributed by atoms with Gasteiger partial charge in [-0.1, -0.05) is 42.5 Å². The smallest absolute Gasteiger partial charge is 0.165 e. The number of hydrogen-bond acceptors (Lipinski definition) is 4. The van der Waals surface area contributed by atoms with Crippen LogP contribution in [0.25, 0.3) is 11.0 Å². The number of nitrogens with zero attached hydrogens (tertiary/aromatic N) is 2. The lowest BCUT2D eigenvalue weighted by Gasteiger charge is -2.16. The highest BCUT2D eigenvalue weighted by Crippen LogP contribution is 2.20. The minimum atomic E-state index is -0.845. The molecule has 29 heavy (non-hydrogen) atoms. The molecule has 0 spiro atoms. The van der Waals surface area contributed by atoms with E-state index < -0.39 is 11.9 Å². The molecule has 148 valence electrons. The molecule has 4 rings (SSSR count). The van der Waals surface area contributed by atoms with Gasteiger partial charge < -0.3 is 19.1 Å². The highest BCUT2D eigenvalue weighted by Gasteiger charge is 2.16. The van der Waals surface area contributed by atoms with Crippen molar-refractivity contribution in [3.63, 3.8) is 0 Å². The fraction of sp³-hybridized carbons (Fsp3) is 0.174. The monoisotopic (exact) mass is 392 g/mol. The van der Waals surface area contributed by atoms with Gasteiger partial charge in [-0.25, -0.2) is 9.37 Å². The second-order valence-electron chi connectivity index (χ2n) is 6.62. The predicted molar refractivity (Wildman–Crippen MR) is 108 cm³/mol. The first kappa shape index (κ1) is 19.0. The van der Waals surface area contributed by atoms with Crippen molar-refractivity contribution in [1.82, 2.24) is 9.55 Å². The summed E-state index contributed by atoms with van der Waals surface area (Å²) in [4.78, 5) is 4.64. The Labute approximate surface area is 168 Å². The molecule has 0 amide bonds. The third-order valence-electron chi connectivity index (χ3n) is 4.51. The summed E-state index contributed by atoms with van der Waals surface area (Å²) in [5.74, 6) is 1.11. The Balaban J connectivity index is 1.49. The maximum atomic E-state index is 13.7. The van der Waals surface area contributed by atoms with E-state index in [2.05, 4.69) is 4.98 Å². The van der Waals surface area contributed by atoms with Crippen molar-refractivity contribution in [3.05, 3.63) is 90.5 Å². The molecular formula is C23H21FN2O3. The van der Waals surface area contributed by atoms with Gasteiger partial charge in [0.25, 0.3) is 0 Å². The van der Waals surface area contributed by atoms with Gasteiger partial charge in [-0.2, -0.15) is 0 Å². The van der Waals surface area contributed by atoms with Gasteiger partial charge in [-0.15, -0.1) is 0 Å². The quantitative estimate of drug-likeness (QED) is 0.488. The van der Waals surface area contributed by atoms with Crippen molar-refractivity contribution < 1.29 is 19.0 Å². The molecule has 0 bridgehead atoms. The zero-order valence-electron chi connectivity index (χ0n) is 15.7. The molecule has 0 aliphatic rings. The zero-order chi connectivity index (χ0) is 20.1. The topological polar surface area (TPSA) is 56.5 Å². The predicted octanol–water partition coefficient (Wildman–Crippen LogP) is 4.19. The lowest BCUT2D eigenvalue weighted by atomic mass is 10.3. The molecule has 3 aromatic carbocycles. The van der Waals surface area contributed by atoms with Gasteiger partial charge in [-0.05, 0) is 36.4 Å². The second kappa shape index (κ2) is 8.75. The summed E-state index contributed by atoms with van der Waals surface area (Å²) in [5, 5.41) is 10.5. The van der Waals surface area contributed by atoms with E-state index in [1.54, 1.807) is 12.1 Å². The summed E-state index contributed by atoms with van der Waals surface area (Å²) < 4.78 is 26.9. The Kier molecular flexibility index (Phi) is 5.72. The summed E-state index contributed by atoms with van der Waals surface area (Å²) in [6, 6.07) is 23.3. The van der Waals surface area contributed by atoms with E-state index in [0.29, 0.717) is 5.82 Å². The number of aliphatic hydroxyl groups is 1. The number of imidazole rings is 1. The average Bonchev–Trinajstić information content (AvgIpc) is 3.10. The van der Waals surface area contributed by atoms with E-state index >= 15 is 0 Å². The highest BCUT2D eigenvalue weighted by atomic mass is 19.1. The molecule has 1 atom stereocenters. The second-order valence-corrected chi connectivity index (χ2v) is 6.62. The summed E-state index contributed by atoms with van der Waals surface area (Å²) in [6.07, 6.45) is -0.845. The molecule has 1 aromatic heterocycles. The van der Waals surface area contributed by atoms with Gasteiger partial charge in [0, 0.05) is 0 Å². The molecule has 0 fully saturated rings. The van der Waals surface area contributed by atoms with Crippen LogP contribution in [0.3, 0.4) is 0 Å². The normalized spacial score (nSPS) is 12.1. The molecule has 0 saturated carbocycles. The first-order valence-corrected chi connectivity index (χ1v) is 9.38. The number of hydrogen-bond donors (Lipinski definition) is 1. The average molecular weight is 392 g/mol. The van der Waals surface area contributed by atoms with Crippen molar-refractivity contribution >= 4 is 11.0 Å². The molecule has 4 aromatic rings. The van der Waals surface area contributed by atoms with Crippen molar-refractivity contribution in [3.8, 4) is 11.5 Å². The van der Waals surface area contributed by atoms with Crippen LogP contribution >= 0.6 is 0 Å². The van der Waals surface area contributed by atoms with Crippen LogP contribution in [0.4, 0.5) is 4.39 Å². The maximum Gasteiger partial charge on any atom is 0.165 e. The number of aliphatic hydroxyl groups excluding tert-OH is 1. The van der Waals surface area contributed by atoms with E-state index in [1.807, 2.05) is 59.2 Å². The number of halogens is 1. The van der Waals surface area contributed by atoms with Crippen LogP contribution in [0.15, 0.2) is 78.9 Å². The Morgan fingerprint density at radius 3 is 2.45 bits per heavy atom. The SMILES string of the molecule is OC(COc1ccccc1F)Cn1c(COc2ccccc2)nc2ccccc21. The molecule has 1 N–H and O–H groups in total. The zero-order valence-corrected chi connectivity index (χ0v) is 15.7. The highest BCUT2D eigenvalue weighted by molar-refractivity contribution is 5.75. The first-order chi connectivity index (χ1) is 14.2. The fourth-order valence-corrected chi connectivity index (χ4v) is 3.12. The minimum absolute atomic E-state index is 0.0353. The number of fused-ring (bicyclic) bond motifs is 1. The van der Waals surface area contributed by atoms with Crippen LogP contribution in [0.5, 0.6) is 11.5 Å². The van der Waals surface area contributed by atoms with Crippen LogP contribution in [0.1, 0.15) is 5.82 Å². The minimum Gasteiger partial charge on any atom is -0.488 e. The third-order valence-corrected chi connectivity index (χ3v) is 4.51. The molecule has 0 aliphatic carbocycles. The van der Waals surface area contributed by atoms with Gasteiger partial charge >= 0.3 is 0 Å². The maximum absolute atomic E-state index is 13.7. The largest absolute Gasteiger partial charge is 0.488 e. The Hall–Kier alpha value is -3.38. The molecule has 5 nitrogen and oxygen atoms in total. The van der Waals surface area contributed by atoms with Crippen molar-refractivity contribution in [1.29, 1.82) is 0 Å². The molecule has 0 aliphatic heterocycles. The van der Waals surface area contributed by atoms with Gasteiger partial charge in [0.2, 0.25) is 0 Å². The van der Waals surface area contributed by atoms with Crippen LogP contribution in [0.2, 0.25) is 0 Å². The Bertz CT molecular complexity index is 1080. The van der Waals surface area contributed by atoms with Gasteiger partial charge in [0.1, 0.15) is 30.9 Å². The Morgan fingerprint density at radius 1 is 0.897 bits per heavy atom. The number of ether oxygens (including phenoxy) is 2. The van der Waals surface area contributed by atoms with E-state index in [1.165, 1.54) is 12.1 Å². The van der Waals surface area contributed by atoms with Crippen molar-refractivity contribution in [2.24, 2.45) is 0 Å². The number of rotatable bonds is 8. The van der Waals surface area contributed by atoms with E-state index in [9.17, 15) is 9.50 Å². The van der Waals surface area contributed by atoms with Crippen LogP contribution in [-0.4, -0.2) is 27.4 Å². The van der Waals surface area contributed by atoms with Gasteiger partial charge in [0.15, 0.2) is 11.6 Å². The number of benzene rings is 3. The van der Waals surface area contributed by atoms with E-state index in [0.717, 1.165) is 16.8 Å². The van der Waals surface area contributed by atoms with Gasteiger partial charge in [0.05, 0.1) is 17.6 Å². The van der Waals surface area contributed by atoms with Crippen molar-refractivity contribution in [2.75, 3.05) is 6.61 Å². The summed E-state index contributed by atoms with van der Waals surface area (Å²) in [5.41, 5.74) is 1.71. The third kappa shape index (κ3) is 4.55. The standard InChI is InChI=1S/C23H21FN2O3/c24-19-10-4-7-13-22(19)29-15-17(27)14-26-21-12-6-5-11-20(21)25-23(26)16-28-18-8-2-1-3-9-18/h1-13,17,27H,14-16H2. The number of para-hydroxylation sites is 4. The Morgan fingerprint density at radius 2 is 1.62 bits per heavy atom. The van der Waals surface area contributed by atoms with E-state index in [-0.39, 0.29) is 25.5 Å². The summed E-state index contributed by atoms with van der Waals surface area (Å²) in [7, 11) is 0. The van der Waals surface area contributed by atoms with Gasteiger partial charge in [-0.3, -0.25) is 0 Å². The molecule has 0 saturated heterocycles. The van der Waals surface area contributed by atoms with E-state index in [4.69, 9.17) is 9.47 Å². The molecule has 1 unspecified atom stereocenters. The first-order valence-electron chi connectivity index (χ1n) is 9.38. The number of aromatic nitrogens is 2. The molecule has 1 heterocycles. The summed E-state index contributed by atoms with van der Waals surface area (Å²) >= 11 is 0. The molecule has 0 radical (unpaired) electrons. The van der Waals surface area contributed by atoms with Crippen LogP contribution in [0, 0.1) is 5.82 Å². The van der Waals surface area contributed by atoms with Crippen LogP contribution in [-0.2, 0) is 13.2 Å². The summed E-state index contributed by atoms with van der Waals surface area (Å²) in [6.45, 7) is 0.481. The van der Waals surface area contributed by atoms with Crippen molar-refractivity contribution in [2.45, 2.75) is 19.3 Å². The lowest BCUT2D eigenvalue weighted by Crippen LogP contribution is -2.25. The lowest BCUT2D eigenvalue weighted by molar-refractivity contribution is 0.0898. The molecular weight excluding hydrogens is 371 g/mol. The molecule has 6 heteroatoms. The van der Waals surface area contributed by atoms with Crippen LogP contribution < -0.4 is 9.47 Å².